The number of aryl methyl sites for hydroxylation is 1. The van der Waals surface area contributed by atoms with E-state index >= 15 is 0 Å². The van der Waals surface area contributed by atoms with Gasteiger partial charge in [-0.2, -0.15) is 0 Å². The first kappa shape index (κ1) is 13.2. The second kappa shape index (κ2) is 4.94. The summed E-state index contributed by atoms with van der Waals surface area (Å²) in [5.74, 6) is 0. The summed E-state index contributed by atoms with van der Waals surface area (Å²) < 4.78 is 0. The monoisotopic (exact) mass is 285 g/mol. The van der Waals surface area contributed by atoms with Gasteiger partial charge in [-0.05, 0) is 36.2 Å². The van der Waals surface area contributed by atoms with Crippen LogP contribution in [0.4, 0.5) is 22.7 Å². The minimum atomic E-state index is 0.875. The average molecular weight is 285 g/mol. The van der Waals surface area contributed by atoms with Gasteiger partial charge < -0.3 is 16.0 Å². The second-order valence-corrected chi connectivity index (χ2v) is 6.25. The molecule has 104 valence electrons. The van der Waals surface area contributed by atoms with Crippen molar-refractivity contribution in [3.05, 3.63) is 35.9 Å². The van der Waals surface area contributed by atoms with Crippen molar-refractivity contribution in [1.29, 1.82) is 0 Å². The lowest BCUT2D eigenvalue weighted by molar-refractivity contribution is 1.12. The third kappa shape index (κ3) is 2.10. The SMILES string of the molecule is CCc1ccc2c(c1N)Nc1ccc(N(C)C)cc1S2. The molecule has 3 N–H and O–H groups in total. The van der Waals surface area contributed by atoms with E-state index in [-0.39, 0.29) is 0 Å². The van der Waals surface area contributed by atoms with Crippen LogP contribution in [0.1, 0.15) is 12.5 Å². The average Bonchev–Trinajstić information content (AvgIpc) is 2.45. The largest absolute Gasteiger partial charge is 0.397 e. The molecule has 0 amide bonds. The van der Waals surface area contributed by atoms with Gasteiger partial charge in [0.25, 0.3) is 0 Å². The van der Waals surface area contributed by atoms with Crippen molar-refractivity contribution < 1.29 is 0 Å². The highest BCUT2D eigenvalue weighted by Crippen LogP contribution is 2.48. The molecule has 0 fully saturated rings. The van der Waals surface area contributed by atoms with E-state index in [0.717, 1.165) is 23.5 Å². The van der Waals surface area contributed by atoms with Crippen LogP contribution in [0.5, 0.6) is 0 Å². The summed E-state index contributed by atoms with van der Waals surface area (Å²) in [6.45, 7) is 2.13. The summed E-state index contributed by atoms with van der Waals surface area (Å²) in [4.78, 5) is 4.56. The third-order valence-corrected chi connectivity index (χ3v) is 4.76. The van der Waals surface area contributed by atoms with Crippen LogP contribution >= 0.6 is 11.8 Å². The molecule has 0 spiro atoms. The molecular weight excluding hydrogens is 266 g/mol. The van der Waals surface area contributed by atoms with Crippen LogP contribution < -0.4 is 16.0 Å². The van der Waals surface area contributed by atoms with Gasteiger partial charge in [-0.1, -0.05) is 24.8 Å². The summed E-state index contributed by atoms with van der Waals surface area (Å²) in [7, 11) is 4.12. The lowest BCUT2D eigenvalue weighted by Gasteiger charge is -2.25. The standard InChI is InChI=1S/C16H19N3S/c1-4-10-5-8-13-16(15(10)17)18-12-7-6-11(19(2)3)9-14(12)20-13/h5-9,18H,4,17H2,1-3H3. The van der Waals surface area contributed by atoms with Crippen LogP contribution in [0, 0.1) is 0 Å². The van der Waals surface area contributed by atoms with Gasteiger partial charge in [-0.25, -0.2) is 0 Å². The van der Waals surface area contributed by atoms with E-state index in [9.17, 15) is 0 Å². The van der Waals surface area contributed by atoms with Crippen molar-refractivity contribution in [2.75, 3.05) is 30.0 Å². The first-order valence-electron chi connectivity index (χ1n) is 6.77. The molecule has 4 heteroatoms. The van der Waals surface area contributed by atoms with E-state index in [2.05, 4.69) is 61.6 Å². The van der Waals surface area contributed by atoms with Crippen LogP contribution in [-0.4, -0.2) is 14.1 Å². The quantitative estimate of drug-likeness (QED) is 0.695. The van der Waals surface area contributed by atoms with Gasteiger partial charge in [0.05, 0.1) is 17.1 Å². The lowest BCUT2D eigenvalue weighted by Crippen LogP contribution is -2.10. The zero-order valence-corrected chi connectivity index (χ0v) is 12.8. The molecule has 0 aliphatic carbocycles. The maximum atomic E-state index is 6.27. The van der Waals surface area contributed by atoms with Crippen molar-refractivity contribution in [3.63, 3.8) is 0 Å². The Hall–Kier alpha value is -1.81. The molecule has 20 heavy (non-hydrogen) atoms. The van der Waals surface area contributed by atoms with E-state index in [0.29, 0.717) is 0 Å². The molecule has 0 aromatic heterocycles. The summed E-state index contributed by atoms with van der Waals surface area (Å²) in [5.41, 5.74) is 11.7. The molecule has 2 aromatic carbocycles. The Labute approximate surface area is 124 Å². The highest BCUT2D eigenvalue weighted by Gasteiger charge is 2.19. The fourth-order valence-corrected chi connectivity index (χ4v) is 3.44. The molecule has 0 saturated heterocycles. The summed E-state index contributed by atoms with van der Waals surface area (Å²) in [6, 6.07) is 10.7. The topological polar surface area (TPSA) is 41.3 Å². The Morgan fingerprint density at radius 1 is 1.15 bits per heavy atom. The van der Waals surface area contributed by atoms with Crippen molar-refractivity contribution in [2.24, 2.45) is 0 Å². The molecule has 1 heterocycles. The lowest BCUT2D eigenvalue weighted by atomic mass is 10.1. The van der Waals surface area contributed by atoms with Gasteiger partial charge in [-0.15, -0.1) is 0 Å². The number of hydrogen-bond acceptors (Lipinski definition) is 4. The Balaban J connectivity index is 2.04. The predicted octanol–water partition coefficient (Wildman–Crippen LogP) is 4.11. The van der Waals surface area contributed by atoms with Crippen LogP contribution in [0.2, 0.25) is 0 Å². The van der Waals surface area contributed by atoms with Crippen LogP contribution in [0.25, 0.3) is 0 Å². The maximum absolute atomic E-state index is 6.27. The highest BCUT2D eigenvalue weighted by molar-refractivity contribution is 7.99. The summed E-state index contributed by atoms with van der Waals surface area (Å²) >= 11 is 1.78. The normalized spacial score (nSPS) is 12.3. The molecule has 0 atom stereocenters. The minimum Gasteiger partial charge on any atom is -0.397 e. The molecule has 0 saturated carbocycles. The minimum absolute atomic E-state index is 0.875. The van der Waals surface area contributed by atoms with Crippen molar-refractivity contribution >= 4 is 34.5 Å². The zero-order valence-electron chi connectivity index (χ0n) is 12.0. The molecule has 3 nitrogen and oxygen atoms in total. The fraction of sp³-hybridized carbons (Fsp3) is 0.250. The number of anilines is 4. The molecule has 0 radical (unpaired) electrons. The third-order valence-electron chi connectivity index (χ3n) is 3.64. The Bertz CT molecular complexity index is 665. The van der Waals surface area contributed by atoms with E-state index in [4.69, 9.17) is 5.73 Å². The van der Waals surface area contributed by atoms with Crippen molar-refractivity contribution in [1.82, 2.24) is 0 Å². The maximum Gasteiger partial charge on any atom is 0.0762 e. The van der Waals surface area contributed by atoms with E-state index in [1.165, 1.54) is 21.0 Å². The van der Waals surface area contributed by atoms with Gasteiger partial charge >= 0.3 is 0 Å². The number of benzene rings is 2. The van der Waals surface area contributed by atoms with Gasteiger partial charge in [0.1, 0.15) is 0 Å². The van der Waals surface area contributed by atoms with Gasteiger partial charge in [0, 0.05) is 29.6 Å². The van der Waals surface area contributed by atoms with Gasteiger partial charge in [0.2, 0.25) is 0 Å². The Morgan fingerprint density at radius 3 is 2.65 bits per heavy atom. The molecule has 1 aliphatic rings. The molecular formula is C16H19N3S. The number of nitrogens with one attached hydrogen (secondary N) is 1. The molecule has 3 rings (SSSR count). The van der Waals surface area contributed by atoms with Crippen LogP contribution in [0.15, 0.2) is 40.1 Å². The van der Waals surface area contributed by atoms with Gasteiger partial charge in [0.15, 0.2) is 0 Å². The number of nitrogen functional groups attached to an aromatic ring is 1. The molecule has 1 aliphatic heterocycles. The Kier molecular flexibility index (Phi) is 3.26. The van der Waals surface area contributed by atoms with Crippen molar-refractivity contribution in [2.45, 2.75) is 23.1 Å². The van der Waals surface area contributed by atoms with Gasteiger partial charge in [-0.3, -0.25) is 0 Å². The number of hydrogen-bond donors (Lipinski definition) is 2. The second-order valence-electron chi connectivity index (χ2n) is 5.17. The molecule has 0 bridgehead atoms. The smallest absolute Gasteiger partial charge is 0.0762 e. The van der Waals surface area contributed by atoms with Crippen LogP contribution in [-0.2, 0) is 6.42 Å². The predicted molar refractivity (Wildman–Crippen MR) is 88.4 cm³/mol. The fourth-order valence-electron chi connectivity index (χ4n) is 2.40. The van der Waals surface area contributed by atoms with Crippen molar-refractivity contribution in [3.8, 4) is 0 Å². The number of rotatable bonds is 2. The van der Waals surface area contributed by atoms with E-state index in [1.807, 2.05) is 0 Å². The van der Waals surface area contributed by atoms with E-state index < -0.39 is 0 Å². The first-order valence-corrected chi connectivity index (χ1v) is 7.59. The molecule has 2 aromatic rings. The Morgan fingerprint density at radius 2 is 1.95 bits per heavy atom. The number of nitrogens with zero attached hydrogens (tertiary/aromatic N) is 1. The number of nitrogens with two attached hydrogens (primary N) is 1. The summed E-state index contributed by atoms with van der Waals surface area (Å²) in [5, 5.41) is 3.49. The first-order chi connectivity index (χ1) is 9.60. The van der Waals surface area contributed by atoms with Crippen LogP contribution in [0.3, 0.4) is 0 Å². The number of fused-ring (bicyclic) bond motifs is 2. The highest BCUT2D eigenvalue weighted by atomic mass is 32.2. The summed E-state index contributed by atoms with van der Waals surface area (Å²) in [6.07, 6.45) is 0.956. The molecule has 0 unspecified atom stereocenters. The zero-order chi connectivity index (χ0) is 14.3. The van der Waals surface area contributed by atoms with E-state index in [1.54, 1.807) is 11.8 Å².